The predicted molar refractivity (Wildman–Crippen MR) is 182 cm³/mol. The van der Waals surface area contributed by atoms with Crippen LogP contribution in [0.2, 0.25) is 5.02 Å². The smallest absolute Gasteiger partial charge is 0.301 e. The highest BCUT2D eigenvalue weighted by atomic mass is 35.5. The Labute approximate surface area is 277 Å². The van der Waals surface area contributed by atoms with Crippen molar-refractivity contribution in [3.05, 3.63) is 92.3 Å². The number of nitrogens with one attached hydrogen (secondary N) is 1. The van der Waals surface area contributed by atoms with Crippen LogP contribution in [0.3, 0.4) is 0 Å². The summed E-state index contributed by atoms with van der Waals surface area (Å²) in [5.41, 5.74) is 6.39. The van der Waals surface area contributed by atoms with E-state index >= 15 is 0 Å². The first-order valence-corrected chi connectivity index (χ1v) is 17.0. The van der Waals surface area contributed by atoms with Crippen molar-refractivity contribution in [3.63, 3.8) is 0 Å². The average Bonchev–Trinajstić information content (AvgIpc) is 3.52. The first kappa shape index (κ1) is 30.7. The molecule has 0 radical (unpaired) electrons. The van der Waals surface area contributed by atoms with E-state index in [-0.39, 0.29) is 18.0 Å². The van der Waals surface area contributed by atoms with E-state index in [0.717, 1.165) is 90.4 Å². The van der Waals surface area contributed by atoms with Crippen LogP contribution >= 0.6 is 22.9 Å². The van der Waals surface area contributed by atoms with E-state index in [1.807, 2.05) is 37.3 Å². The number of rotatable bonds is 7. The highest BCUT2D eigenvalue weighted by molar-refractivity contribution is 7.15. The number of benzene rings is 2. The van der Waals surface area contributed by atoms with Crippen molar-refractivity contribution in [1.29, 1.82) is 0 Å². The number of carbonyl (C=O) groups is 2. The third kappa shape index (κ3) is 5.88. The predicted octanol–water partition coefficient (Wildman–Crippen LogP) is 5.45. The van der Waals surface area contributed by atoms with Crippen LogP contribution in [0.15, 0.2) is 53.5 Å². The number of anilines is 1. The lowest BCUT2D eigenvalue weighted by Crippen LogP contribution is -2.50. The second kappa shape index (κ2) is 12.7. The van der Waals surface area contributed by atoms with Gasteiger partial charge in [-0.3, -0.25) is 29.5 Å². The molecular formula is C34H37ClN8O2S. The highest BCUT2D eigenvalue weighted by Gasteiger charge is 2.32. The van der Waals surface area contributed by atoms with Gasteiger partial charge in [-0.1, -0.05) is 41.9 Å². The molecule has 0 aliphatic carbocycles. The second-order valence-electron chi connectivity index (χ2n) is 12.2. The summed E-state index contributed by atoms with van der Waals surface area (Å²) in [6.07, 6.45) is 1.14. The Kier molecular flexibility index (Phi) is 8.50. The maximum absolute atomic E-state index is 12.5. The van der Waals surface area contributed by atoms with Crippen LogP contribution in [0.5, 0.6) is 0 Å². The van der Waals surface area contributed by atoms with Crippen molar-refractivity contribution in [1.82, 2.24) is 29.9 Å². The molecule has 2 saturated heterocycles. The number of halogens is 1. The minimum Gasteiger partial charge on any atom is -0.301 e. The van der Waals surface area contributed by atoms with Crippen molar-refractivity contribution < 1.29 is 9.59 Å². The van der Waals surface area contributed by atoms with E-state index in [4.69, 9.17) is 16.6 Å². The number of amides is 3. The standard InChI is InChI=1S/C34H37ClN8O2S/c1-21-22(2)46-33-30(21)31(24-8-10-26(35)11-9-24)36-27(32-39-38-23(3)43(32)33)12-14-40-16-18-41(19-17-40)20-25-6-4-5-7-28(25)42-15-13-29(44)37-34(42)45/h4-11,27H,12-20H2,1-3H3,(H,37,44,45)/t27-/m0/s1. The molecule has 3 aliphatic heterocycles. The van der Waals surface area contributed by atoms with Gasteiger partial charge in [-0.15, -0.1) is 21.5 Å². The number of thiophene rings is 1. The lowest BCUT2D eigenvalue weighted by Gasteiger charge is -2.36. The van der Waals surface area contributed by atoms with Crippen LogP contribution in [0.4, 0.5) is 10.5 Å². The van der Waals surface area contributed by atoms with Crippen molar-refractivity contribution in [2.24, 2.45) is 4.99 Å². The zero-order valence-corrected chi connectivity index (χ0v) is 27.9. The summed E-state index contributed by atoms with van der Waals surface area (Å²) in [5.74, 6) is 1.54. The normalized spacial score (nSPS) is 19.0. The number of fused-ring (bicyclic) bond motifs is 3. The van der Waals surface area contributed by atoms with Crippen LogP contribution in [0.25, 0.3) is 5.00 Å². The monoisotopic (exact) mass is 656 g/mol. The number of para-hydroxylation sites is 1. The summed E-state index contributed by atoms with van der Waals surface area (Å²) in [4.78, 5) is 37.5. The van der Waals surface area contributed by atoms with E-state index in [2.05, 4.69) is 61.9 Å². The first-order chi connectivity index (χ1) is 22.3. The zero-order chi connectivity index (χ0) is 31.9. The van der Waals surface area contributed by atoms with E-state index < -0.39 is 0 Å². The van der Waals surface area contributed by atoms with Gasteiger partial charge in [0.15, 0.2) is 5.82 Å². The van der Waals surface area contributed by atoms with Crippen LogP contribution in [-0.4, -0.2) is 81.5 Å². The molecule has 2 aromatic carbocycles. The molecule has 3 aliphatic rings. The molecule has 0 unspecified atom stereocenters. The van der Waals surface area contributed by atoms with Gasteiger partial charge < -0.3 is 4.90 Å². The van der Waals surface area contributed by atoms with Crippen molar-refractivity contribution in [2.45, 2.75) is 46.2 Å². The number of piperazine rings is 1. The van der Waals surface area contributed by atoms with Gasteiger partial charge in [0.1, 0.15) is 16.9 Å². The quantitative estimate of drug-likeness (QED) is 0.284. The Hall–Kier alpha value is -3.90. The molecule has 5 heterocycles. The van der Waals surface area contributed by atoms with E-state index in [0.29, 0.717) is 18.0 Å². The number of imide groups is 1. The van der Waals surface area contributed by atoms with Crippen molar-refractivity contribution in [2.75, 3.05) is 44.2 Å². The van der Waals surface area contributed by atoms with Gasteiger partial charge >= 0.3 is 6.03 Å². The number of nitrogens with zero attached hydrogens (tertiary/aromatic N) is 7. The molecular weight excluding hydrogens is 620 g/mol. The first-order valence-electron chi connectivity index (χ1n) is 15.8. The number of aliphatic imine (C=N–C) groups is 1. The van der Waals surface area contributed by atoms with E-state index in [1.54, 1.807) is 16.2 Å². The van der Waals surface area contributed by atoms with E-state index in [9.17, 15) is 9.59 Å². The van der Waals surface area contributed by atoms with Gasteiger partial charge in [-0.05, 0) is 56.5 Å². The summed E-state index contributed by atoms with van der Waals surface area (Å²) in [6, 6.07) is 15.5. The Morgan fingerprint density at radius 1 is 0.935 bits per heavy atom. The zero-order valence-electron chi connectivity index (χ0n) is 26.3. The summed E-state index contributed by atoms with van der Waals surface area (Å²) >= 11 is 8.04. The van der Waals surface area contributed by atoms with E-state index in [1.165, 1.54) is 10.4 Å². The topological polar surface area (TPSA) is 99.0 Å². The fraction of sp³-hybridized carbons (Fsp3) is 0.382. The average molecular weight is 657 g/mol. The number of hydrogen-bond donors (Lipinski definition) is 1. The Morgan fingerprint density at radius 3 is 2.43 bits per heavy atom. The number of urea groups is 1. The molecule has 1 atom stereocenters. The molecule has 7 rings (SSSR count). The highest BCUT2D eigenvalue weighted by Crippen LogP contribution is 2.39. The lowest BCUT2D eigenvalue weighted by molar-refractivity contribution is -0.120. The molecule has 0 saturated carbocycles. The minimum atomic E-state index is -0.347. The SMILES string of the molecule is Cc1sc2c(c1C)C(c1ccc(Cl)cc1)=N[C@@H](CCN1CCN(Cc3ccccc3N3CCC(=O)NC3=O)CC1)c1nnc(C)n1-2. The van der Waals surface area contributed by atoms with Gasteiger partial charge in [0.2, 0.25) is 5.91 Å². The van der Waals surface area contributed by atoms with Crippen LogP contribution in [0.1, 0.15) is 57.7 Å². The maximum Gasteiger partial charge on any atom is 0.328 e. The lowest BCUT2D eigenvalue weighted by atomic mass is 9.99. The Bertz CT molecular complexity index is 1820. The van der Waals surface area contributed by atoms with Gasteiger partial charge in [-0.25, -0.2) is 4.79 Å². The molecule has 0 spiro atoms. The Balaban J connectivity index is 1.06. The van der Waals surface area contributed by atoms with Gasteiger partial charge in [0.25, 0.3) is 0 Å². The summed E-state index contributed by atoms with van der Waals surface area (Å²) in [5, 5.41) is 13.4. The molecule has 10 nitrogen and oxygen atoms in total. The minimum absolute atomic E-state index is 0.140. The second-order valence-corrected chi connectivity index (χ2v) is 13.8. The fourth-order valence-electron chi connectivity index (χ4n) is 6.61. The molecule has 1 N–H and O–H groups in total. The largest absolute Gasteiger partial charge is 0.328 e. The molecule has 46 heavy (non-hydrogen) atoms. The summed E-state index contributed by atoms with van der Waals surface area (Å²) in [6.45, 7) is 12.1. The molecule has 4 aromatic rings. The van der Waals surface area contributed by atoms with Crippen molar-refractivity contribution in [3.8, 4) is 5.00 Å². The summed E-state index contributed by atoms with van der Waals surface area (Å²) < 4.78 is 2.21. The fourth-order valence-corrected chi connectivity index (χ4v) is 7.95. The molecule has 12 heteroatoms. The number of aromatic nitrogens is 3. The van der Waals surface area contributed by atoms with Gasteiger partial charge in [0, 0.05) is 78.9 Å². The van der Waals surface area contributed by atoms with Crippen molar-refractivity contribution >= 4 is 46.3 Å². The third-order valence-electron chi connectivity index (χ3n) is 9.27. The molecule has 2 fully saturated rings. The molecule has 0 bridgehead atoms. The van der Waals surface area contributed by atoms with Gasteiger partial charge in [-0.2, -0.15) is 0 Å². The maximum atomic E-state index is 12.5. The number of aryl methyl sites for hydroxylation is 2. The molecule has 238 valence electrons. The third-order valence-corrected chi connectivity index (χ3v) is 10.7. The van der Waals surface area contributed by atoms with Crippen LogP contribution < -0.4 is 10.2 Å². The molecule has 2 aromatic heterocycles. The van der Waals surface area contributed by atoms with Crippen LogP contribution in [0, 0.1) is 20.8 Å². The summed E-state index contributed by atoms with van der Waals surface area (Å²) in [7, 11) is 0. The number of hydrogen-bond acceptors (Lipinski definition) is 8. The Morgan fingerprint density at radius 2 is 1.67 bits per heavy atom. The number of carbonyl (C=O) groups excluding carboxylic acids is 2. The van der Waals surface area contributed by atoms with Crippen LogP contribution in [-0.2, 0) is 11.3 Å². The molecule has 3 amide bonds. The van der Waals surface area contributed by atoms with Gasteiger partial charge in [0.05, 0.1) is 5.71 Å².